The molecule has 1 aromatic heterocycles. The SMILES string of the molecule is CC(C)(C)[S+]([O-])N[C@@]1(C(F)(F)F)COc2c1cc(C(O)(CN)C(F)(F)F)nc2-c1ccc(F)cc1. The molecule has 0 amide bonds. The molecule has 0 fully saturated rings. The normalized spacial score (nSPS) is 21.3. The second-order valence-corrected chi connectivity index (χ2v) is 10.9. The minimum atomic E-state index is -5.41. The number of pyridine rings is 1. The summed E-state index contributed by atoms with van der Waals surface area (Å²) < 4.78 is 117. The standard InChI is InChI=1S/C21H22F7N3O3S/c1-17(2,3)35(33)31-18(20(23,24)25)10-34-16-13(18)8-14(19(32,9-29)21(26,27)28)30-15(16)11-4-6-12(22)7-5-11/h4-8,31-32H,9-10,29H2,1-3H3/t18-,19?,35?/m0/s1. The molecular weight excluding hydrogens is 507 g/mol. The predicted molar refractivity (Wildman–Crippen MR) is 113 cm³/mol. The summed E-state index contributed by atoms with van der Waals surface area (Å²) in [4.78, 5) is 3.76. The predicted octanol–water partition coefficient (Wildman–Crippen LogP) is 3.80. The highest BCUT2D eigenvalue weighted by Crippen LogP contribution is 2.52. The summed E-state index contributed by atoms with van der Waals surface area (Å²) in [5.74, 6) is -1.28. The van der Waals surface area contributed by atoms with E-state index in [9.17, 15) is 40.4 Å². The summed E-state index contributed by atoms with van der Waals surface area (Å²) in [5.41, 5.74) is -4.54. The Morgan fingerprint density at radius 2 is 1.71 bits per heavy atom. The fourth-order valence-corrected chi connectivity index (χ4v) is 4.23. The number of aliphatic hydroxyl groups is 1. The molecule has 2 heterocycles. The summed E-state index contributed by atoms with van der Waals surface area (Å²) >= 11 is -2.35. The average molecular weight is 529 g/mol. The van der Waals surface area contributed by atoms with Crippen LogP contribution in [0.1, 0.15) is 32.0 Å². The Hall–Kier alpha value is -2.13. The van der Waals surface area contributed by atoms with E-state index in [1.165, 1.54) is 20.8 Å². The third-order valence-electron chi connectivity index (χ3n) is 5.48. The van der Waals surface area contributed by atoms with Gasteiger partial charge in [-0.05, 0) is 51.1 Å². The van der Waals surface area contributed by atoms with Crippen molar-refractivity contribution >= 4 is 11.4 Å². The van der Waals surface area contributed by atoms with E-state index < -0.39 is 81.3 Å². The molecule has 6 nitrogen and oxygen atoms in total. The minimum Gasteiger partial charge on any atom is -0.598 e. The number of hydrogen-bond donors (Lipinski definition) is 3. The molecule has 2 unspecified atom stereocenters. The van der Waals surface area contributed by atoms with Crippen molar-refractivity contribution in [1.82, 2.24) is 9.71 Å². The van der Waals surface area contributed by atoms with Crippen molar-refractivity contribution < 1.29 is 45.1 Å². The molecule has 3 rings (SSSR count). The zero-order valence-corrected chi connectivity index (χ0v) is 19.5. The van der Waals surface area contributed by atoms with Gasteiger partial charge in [-0.2, -0.15) is 26.3 Å². The number of rotatable bonds is 5. The van der Waals surface area contributed by atoms with E-state index in [0.29, 0.717) is 6.07 Å². The molecule has 2 aromatic rings. The number of nitrogens with two attached hydrogens (primary N) is 1. The van der Waals surface area contributed by atoms with Crippen LogP contribution >= 0.6 is 0 Å². The van der Waals surface area contributed by atoms with Gasteiger partial charge in [0.2, 0.25) is 11.1 Å². The topological polar surface area (TPSA) is 103 Å². The fraction of sp³-hybridized carbons (Fsp3) is 0.476. The lowest BCUT2D eigenvalue weighted by Crippen LogP contribution is -2.60. The first-order valence-corrected chi connectivity index (χ1v) is 11.2. The van der Waals surface area contributed by atoms with Gasteiger partial charge in [0.25, 0.3) is 0 Å². The number of hydrogen-bond acceptors (Lipinski definition) is 6. The van der Waals surface area contributed by atoms with Gasteiger partial charge in [0.1, 0.15) is 22.9 Å². The summed E-state index contributed by atoms with van der Waals surface area (Å²) in [7, 11) is 0. The van der Waals surface area contributed by atoms with Crippen LogP contribution in [0.15, 0.2) is 30.3 Å². The first kappa shape index (κ1) is 27.5. The third-order valence-corrected chi connectivity index (χ3v) is 7.12. The van der Waals surface area contributed by atoms with Gasteiger partial charge in [0.05, 0.1) is 5.69 Å². The van der Waals surface area contributed by atoms with Crippen LogP contribution in [0.2, 0.25) is 0 Å². The number of ether oxygens (including phenoxy) is 1. The van der Waals surface area contributed by atoms with E-state index in [4.69, 9.17) is 10.5 Å². The first-order chi connectivity index (χ1) is 15.9. The molecular formula is C21H22F7N3O3S. The van der Waals surface area contributed by atoms with Gasteiger partial charge < -0.3 is 20.1 Å². The van der Waals surface area contributed by atoms with Crippen molar-refractivity contribution in [2.45, 2.75) is 49.0 Å². The second-order valence-electron chi connectivity index (χ2n) is 8.98. The second kappa shape index (κ2) is 8.76. The van der Waals surface area contributed by atoms with E-state index in [0.717, 1.165) is 24.3 Å². The Morgan fingerprint density at radius 3 is 2.17 bits per heavy atom. The van der Waals surface area contributed by atoms with E-state index in [1.54, 1.807) is 0 Å². The van der Waals surface area contributed by atoms with Crippen LogP contribution in [-0.2, 0) is 22.5 Å². The maximum atomic E-state index is 14.5. The monoisotopic (exact) mass is 529 g/mol. The van der Waals surface area contributed by atoms with Crippen LogP contribution in [0.5, 0.6) is 5.75 Å². The molecule has 0 aliphatic carbocycles. The Labute approximate surface area is 199 Å². The first-order valence-electron chi connectivity index (χ1n) is 10.1. The van der Waals surface area contributed by atoms with Gasteiger partial charge in [0, 0.05) is 29.0 Å². The number of alkyl halides is 6. The molecule has 0 saturated heterocycles. The van der Waals surface area contributed by atoms with E-state index in [1.807, 2.05) is 4.72 Å². The number of halogens is 7. The zero-order chi connectivity index (χ0) is 26.6. The Morgan fingerprint density at radius 1 is 1.14 bits per heavy atom. The Bertz CT molecular complexity index is 1090. The number of nitrogens with one attached hydrogen (secondary N) is 1. The van der Waals surface area contributed by atoms with Gasteiger partial charge >= 0.3 is 12.4 Å². The lowest BCUT2D eigenvalue weighted by Gasteiger charge is -2.35. The molecule has 0 radical (unpaired) electrons. The van der Waals surface area contributed by atoms with Crippen molar-refractivity contribution in [1.29, 1.82) is 0 Å². The van der Waals surface area contributed by atoms with Crippen LogP contribution in [0, 0.1) is 5.82 Å². The maximum absolute atomic E-state index is 14.5. The minimum absolute atomic E-state index is 0.0824. The van der Waals surface area contributed by atoms with Crippen molar-refractivity contribution in [2.24, 2.45) is 5.73 Å². The molecule has 0 spiro atoms. The summed E-state index contributed by atoms with van der Waals surface area (Å²) in [6.07, 6.45) is -10.6. The molecule has 35 heavy (non-hydrogen) atoms. The van der Waals surface area contributed by atoms with E-state index in [-0.39, 0.29) is 5.56 Å². The highest BCUT2D eigenvalue weighted by molar-refractivity contribution is 7.90. The van der Waals surface area contributed by atoms with Gasteiger partial charge in [-0.1, -0.05) is 0 Å². The van der Waals surface area contributed by atoms with Gasteiger partial charge in [0.15, 0.2) is 5.75 Å². The molecule has 4 N–H and O–H groups in total. The molecule has 0 saturated carbocycles. The van der Waals surface area contributed by atoms with Crippen molar-refractivity contribution in [3.05, 3.63) is 47.4 Å². The fourth-order valence-electron chi connectivity index (χ4n) is 3.32. The van der Waals surface area contributed by atoms with Crippen LogP contribution in [0.25, 0.3) is 11.3 Å². The average Bonchev–Trinajstić information content (AvgIpc) is 3.11. The maximum Gasteiger partial charge on any atom is 0.424 e. The Kier molecular flexibility index (Phi) is 6.87. The van der Waals surface area contributed by atoms with Gasteiger partial charge in [-0.3, -0.25) is 0 Å². The lowest BCUT2D eigenvalue weighted by atomic mass is 9.88. The van der Waals surface area contributed by atoms with Crippen molar-refractivity contribution in [3.8, 4) is 17.0 Å². The smallest absolute Gasteiger partial charge is 0.424 e. The van der Waals surface area contributed by atoms with Crippen molar-refractivity contribution in [3.63, 3.8) is 0 Å². The molecule has 1 aromatic carbocycles. The van der Waals surface area contributed by atoms with Crippen LogP contribution in [0.3, 0.4) is 0 Å². The number of fused-ring (bicyclic) bond motifs is 1. The van der Waals surface area contributed by atoms with Crippen LogP contribution in [0.4, 0.5) is 30.7 Å². The summed E-state index contributed by atoms with van der Waals surface area (Å²) in [6, 6.07) is 4.40. The lowest BCUT2D eigenvalue weighted by molar-refractivity contribution is -0.263. The highest BCUT2D eigenvalue weighted by Gasteiger charge is 2.66. The number of benzene rings is 1. The largest absolute Gasteiger partial charge is 0.598 e. The number of aromatic nitrogens is 1. The van der Waals surface area contributed by atoms with E-state index in [2.05, 4.69) is 4.98 Å². The molecule has 1 aliphatic heterocycles. The van der Waals surface area contributed by atoms with Crippen LogP contribution in [-0.4, -0.2) is 44.9 Å². The molecule has 3 atom stereocenters. The number of nitrogens with zero attached hydrogens (tertiary/aromatic N) is 1. The third kappa shape index (κ3) is 4.69. The summed E-state index contributed by atoms with van der Waals surface area (Å²) in [6.45, 7) is 1.56. The molecule has 0 bridgehead atoms. The zero-order valence-electron chi connectivity index (χ0n) is 18.6. The van der Waals surface area contributed by atoms with Gasteiger partial charge in [-0.25, -0.2) is 9.37 Å². The van der Waals surface area contributed by atoms with Crippen molar-refractivity contribution in [2.75, 3.05) is 13.2 Å². The quantitative estimate of drug-likeness (QED) is 0.402. The Balaban J connectivity index is 2.38. The molecule has 194 valence electrons. The molecule has 1 aliphatic rings. The molecule has 14 heteroatoms. The van der Waals surface area contributed by atoms with Crippen LogP contribution < -0.4 is 15.2 Å². The van der Waals surface area contributed by atoms with E-state index >= 15 is 0 Å². The van der Waals surface area contributed by atoms with Gasteiger partial charge in [-0.15, -0.1) is 4.72 Å². The summed E-state index contributed by atoms with van der Waals surface area (Å²) in [5, 5.41) is 10.4. The highest BCUT2D eigenvalue weighted by atomic mass is 32.2.